The predicted octanol–water partition coefficient (Wildman–Crippen LogP) is 2.22. The molecule has 0 saturated heterocycles. The van der Waals surface area contributed by atoms with E-state index in [1.165, 1.54) is 7.05 Å². The maximum atomic E-state index is 12.5. The van der Waals surface area contributed by atoms with Gasteiger partial charge in [-0.1, -0.05) is 0 Å². The molecule has 0 saturated carbocycles. The van der Waals surface area contributed by atoms with Crippen molar-refractivity contribution in [3.63, 3.8) is 0 Å². The Hall–Kier alpha value is -1.06. The fraction of sp³-hybridized carbons (Fsp3) is 0.250. The molecule has 1 heterocycles. The fourth-order valence-corrected chi connectivity index (χ4v) is 1.26. The molecule has 88 valence electrons. The average molecular weight is 345 g/mol. The number of nitrogens with zero attached hydrogens (tertiary/aromatic N) is 1. The van der Waals surface area contributed by atoms with Crippen molar-refractivity contribution in [3.8, 4) is 0 Å². The second-order valence-electron chi connectivity index (χ2n) is 2.80. The van der Waals surface area contributed by atoms with Crippen LogP contribution >= 0.6 is 22.9 Å². The highest BCUT2D eigenvalue weighted by molar-refractivity contribution is 14.1. The van der Waals surface area contributed by atoms with E-state index in [0.29, 0.717) is 6.07 Å². The monoisotopic (exact) mass is 345 g/mol. The molecule has 0 aliphatic rings. The number of carbonyl (C=O) groups excluding carboxylic acids is 1. The number of carbonyl (C=O) groups is 1. The molecule has 8 heteroatoms. The molecule has 0 aliphatic carbocycles. The van der Waals surface area contributed by atoms with Gasteiger partial charge in [-0.2, -0.15) is 13.2 Å². The third-order valence-corrected chi connectivity index (χ3v) is 2.26. The Bertz CT molecular complexity index is 408. The van der Waals surface area contributed by atoms with E-state index in [-0.39, 0.29) is 11.5 Å². The fourth-order valence-electron chi connectivity index (χ4n) is 0.987. The van der Waals surface area contributed by atoms with Crippen LogP contribution in [0.3, 0.4) is 0 Å². The van der Waals surface area contributed by atoms with Crippen molar-refractivity contribution < 1.29 is 18.0 Å². The maximum absolute atomic E-state index is 12.5. The summed E-state index contributed by atoms with van der Waals surface area (Å²) in [5.41, 5.74) is -1.20. The lowest BCUT2D eigenvalue weighted by Crippen LogP contribution is -2.20. The van der Waals surface area contributed by atoms with Crippen LogP contribution in [0.5, 0.6) is 0 Å². The highest BCUT2D eigenvalue weighted by Gasteiger charge is 2.32. The number of aromatic nitrogens is 1. The van der Waals surface area contributed by atoms with Crippen LogP contribution in [0.15, 0.2) is 12.1 Å². The van der Waals surface area contributed by atoms with Crippen LogP contribution < -0.4 is 8.85 Å². The first kappa shape index (κ1) is 13.0. The highest BCUT2D eigenvalue weighted by Crippen LogP contribution is 2.31. The zero-order valence-electron chi connectivity index (χ0n) is 8.02. The van der Waals surface area contributed by atoms with Gasteiger partial charge in [-0.3, -0.25) is 4.79 Å². The number of pyridine rings is 1. The van der Waals surface area contributed by atoms with Crippen LogP contribution in [0.4, 0.5) is 19.0 Å². The summed E-state index contributed by atoms with van der Waals surface area (Å²) in [4.78, 5) is 14.9. The van der Waals surface area contributed by atoms with Crippen molar-refractivity contribution in [1.29, 1.82) is 0 Å². The van der Waals surface area contributed by atoms with E-state index in [0.717, 1.165) is 6.07 Å². The minimum atomic E-state index is -4.51. The van der Waals surface area contributed by atoms with Crippen LogP contribution in [0.1, 0.15) is 16.1 Å². The molecule has 1 aromatic heterocycles. The molecule has 0 atom stereocenters. The smallest absolute Gasteiger partial charge is 0.354 e. The Morgan fingerprint density at radius 2 is 2.06 bits per heavy atom. The van der Waals surface area contributed by atoms with Crippen molar-refractivity contribution in [1.82, 2.24) is 10.3 Å². The number of rotatable bonds is 2. The zero-order valence-corrected chi connectivity index (χ0v) is 10.2. The van der Waals surface area contributed by atoms with E-state index in [2.05, 4.69) is 13.8 Å². The number of nitrogens with one attached hydrogen (secondary N) is 2. The van der Waals surface area contributed by atoms with Crippen LogP contribution in [0.25, 0.3) is 0 Å². The van der Waals surface area contributed by atoms with Gasteiger partial charge in [-0.25, -0.2) is 4.98 Å². The van der Waals surface area contributed by atoms with Crippen LogP contribution in [-0.4, -0.2) is 17.9 Å². The minimum Gasteiger partial charge on any atom is -0.354 e. The van der Waals surface area contributed by atoms with Gasteiger partial charge in [0.2, 0.25) is 0 Å². The number of amides is 1. The Kier molecular flexibility index (Phi) is 3.94. The predicted molar refractivity (Wildman–Crippen MR) is 60.3 cm³/mol. The molecule has 0 radical (unpaired) electrons. The zero-order chi connectivity index (χ0) is 12.3. The number of alkyl halides is 3. The van der Waals surface area contributed by atoms with E-state index in [1.54, 1.807) is 22.9 Å². The van der Waals surface area contributed by atoms with Crippen molar-refractivity contribution in [3.05, 3.63) is 23.4 Å². The summed E-state index contributed by atoms with van der Waals surface area (Å²) >= 11 is 1.64. The van der Waals surface area contributed by atoms with Gasteiger partial charge < -0.3 is 8.85 Å². The number of anilines is 1. The quantitative estimate of drug-likeness (QED) is 0.639. The molecule has 0 spiro atoms. The first-order chi connectivity index (χ1) is 7.38. The van der Waals surface area contributed by atoms with Crippen LogP contribution in [0, 0.1) is 0 Å². The number of hydrogen-bond acceptors (Lipinski definition) is 3. The van der Waals surface area contributed by atoms with E-state index in [4.69, 9.17) is 0 Å². The third-order valence-electron chi connectivity index (χ3n) is 1.71. The number of halogens is 4. The molecule has 0 aliphatic heterocycles. The van der Waals surface area contributed by atoms with Gasteiger partial charge in [0, 0.05) is 7.05 Å². The van der Waals surface area contributed by atoms with Crippen LogP contribution in [-0.2, 0) is 6.18 Å². The second-order valence-corrected chi connectivity index (χ2v) is 3.34. The van der Waals surface area contributed by atoms with Crippen molar-refractivity contribution in [2.24, 2.45) is 0 Å². The first-order valence-corrected chi connectivity index (χ1v) is 5.14. The summed E-state index contributed by atoms with van der Waals surface area (Å²) in [6, 6.07) is 1.54. The summed E-state index contributed by atoms with van der Waals surface area (Å²) < 4.78 is 39.8. The Morgan fingerprint density at radius 1 is 1.44 bits per heavy atom. The molecule has 0 bridgehead atoms. The summed E-state index contributed by atoms with van der Waals surface area (Å²) in [7, 11) is 1.32. The molecule has 1 aromatic rings. The van der Waals surface area contributed by atoms with Crippen molar-refractivity contribution in [2.45, 2.75) is 6.18 Å². The molecule has 1 amide bonds. The van der Waals surface area contributed by atoms with Gasteiger partial charge in [0.15, 0.2) is 0 Å². The first-order valence-electron chi connectivity index (χ1n) is 4.06. The second kappa shape index (κ2) is 4.85. The molecule has 0 aromatic carbocycles. The molecule has 4 nitrogen and oxygen atoms in total. The lowest BCUT2D eigenvalue weighted by Gasteiger charge is -2.09. The average Bonchev–Trinajstić information content (AvgIpc) is 2.26. The summed E-state index contributed by atoms with van der Waals surface area (Å²) in [6.45, 7) is 0. The maximum Gasteiger partial charge on any atom is 0.416 e. The van der Waals surface area contributed by atoms with Gasteiger partial charge >= 0.3 is 6.18 Å². The molecule has 1 rings (SSSR count). The Balaban J connectivity index is 3.27. The van der Waals surface area contributed by atoms with Gasteiger partial charge in [0.1, 0.15) is 11.5 Å². The molecule has 0 fully saturated rings. The summed E-state index contributed by atoms with van der Waals surface area (Å²) in [6.07, 6.45) is -4.51. The van der Waals surface area contributed by atoms with E-state index in [1.807, 2.05) is 0 Å². The van der Waals surface area contributed by atoms with E-state index < -0.39 is 17.6 Å². The normalized spacial score (nSPS) is 11.1. The molecular weight excluding hydrogens is 338 g/mol. The van der Waals surface area contributed by atoms with Crippen molar-refractivity contribution in [2.75, 3.05) is 10.6 Å². The summed E-state index contributed by atoms with van der Waals surface area (Å²) in [5, 5.41) is 2.21. The molecule has 0 unspecified atom stereocenters. The molecule has 16 heavy (non-hydrogen) atoms. The highest BCUT2D eigenvalue weighted by atomic mass is 127. The largest absolute Gasteiger partial charge is 0.416 e. The Labute approximate surface area is 103 Å². The van der Waals surface area contributed by atoms with Crippen LogP contribution in [0.2, 0.25) is 0 Å². The minimum absolute atomic E-state index is 0.0194. The van der Waals surface area contributed by atoms with Gasteiger partial charge in [0.25, 0.3) is 5.91 Å². The molecular formula is C8H7F3IN3O. The van der Waals surface area contributed by atoms with E-state index >= 15 is 0 Å². The third kappa shape index (κ3) is 2.97. The SMILES string of the molecule is CNC(=O)c1cc(C(F)(F)F)cc(NI)n1. The lowest BCUT2D eigenvalue weighted by molar-refractivity contribution is -0.137. The van der Waals surface area contributed by atoms with Crippen molar-refractivity contribution >= 4 is 34.6 Å². The van der Waals surface area contributed by atoms with Gasteiger partial charge in [-0.05, 0) is 12.1 Å². The topological polar surface area (TPSA) is 54.0 Å². The lowest BCUT2D eigenvalue weighted by atomic mass is 10.2. The standard InChI is InChI=1S/C8H7F3IN3O/c1-13-7(16)5-2-4(8(9,10)11)3-6(14-5)15-12/h2-3H,1H3,(H,13,16)(H,14,15). The van der Waals surface area contributed by atoms with E-state index in [9.17, 15) is 18.0 Å². The number of hydrogen-bond donors (Lipinski definition) is 2. The summed E-state index contributed by atoms with van der Waals surface area (Å²) in [5.74, 6) is -0.687. The Morgan fingerprint density at radius 3 is 2.50 bits per heavy atom. The van der Waals surface area contributed by atoms with Gasteiger partial charge in [0.05, 0.1) is 28.4 Å². The van der Waals surface area contributed by atoms with Gasteiger partial charge in [-0.15, -0.1) is 0 Å². The molecule has 2 N–H and O–H groups in total.